The van der Waals surface area contributed by atoms with E-state index in [-0.39, 0.29) is 30.7 Å². The van der Waals surface area contributed by atoms with E-state index in [1.807, 2.05) is 48.5 Å². The zero-order chi connectivity index (χ0) is 19.5. The summed E-state index contributed by atoms with van der Waals surface area (Å²) < 4.78 is 31.0. The van der Waals surface area contributed by atoms with Crippen molar-refractivity contribution in [2.75, 3.05) is 19.3 Å². The maximum absolute atomic E-state index is 12.5. The van der Waals surface area contributed by atoms with Crippen molar-refractivity contribution in [1.82, 2.24) is 9.21 Å². The van der Waals surface area contributed by atoms with Crippen molar-refractivity contribution in [2.45, 2.75) is 80.0 Å². The number of ether oxygens (including phenoxy) is 1. The summed E-state index contributed by atoms with van der Waals surface area (Å²) in [7, 11) is -3.37. The van der Waals surface area contributed by atoms with Crippen LogP contribution in [0.5, 0.6) is 0 Å². The Hall–Kier alpha value is -0.820. The van der Waals surface area contributed by atoms with Gasteiger partial charge in [0.1, 0.15) is 0 Å². The Bertz CT molecular complexity index is 516. The molecule has 0 aliphatic carbocycles. The van der Waals surface area contributed by atoms with E-state index < -0.39 is 21.7 Å². The number of carbonyl (C=O) groups is 1. The van der Waals surface area contributed by atoms with Crippen LogP contribution in [0.2, 0.25) is 0 Å². The first kappa shape index (κ1) is 23.2. The van der Waals surface area contributed by atoms with E-state index in [0.29, 0.717) is 0 Å². The minimum absolute atomic E-state index is 0.0925. The molecule has 0 heterocycles. The monoisotopic (exact) mass is 364 g/mol. The van der Waals surface area contributed by atoms with Gasteiger partial charge in [-0.2, -0.15) is 4.31 Å². The van der Waals surface area contributed by atoms with Crippen LogP contribution in [0.15, 0.2) is 0 Å². The maximum Gasteiger partial charge on any atom is 0.410 e. The van der Waals surface area contributed by atoms with E-state index in [1.165, 1.54) is 10.6 Å². The largest absolute Gasteiger partial charge is 0.447 e. The third kappa shape index (κ3) is 7.38. The molecule has 0 N–H and O–H groups in total. The third-order valence-electron chi connectivity index (χ3n) is 3.98. The minimum Gasteiger partial charge on any atom is -0.447 e. The molecule has 0 bridgehead atoms. The highest BCUT2D eigenvalue weighted by molar-refractivity contribution is 7.88. The van der Waals surface area contributed by atoms with Crippen molar-refractivity contribution in [3.63, 3.8) is 0 Å². The second-order valence-electron chi connectivity index (χ2n) is 8.67. The van der Waals surface area contributed by atoms with Gasteiger partial charge in [0, 0.05) is 24.7 Å². The van der Waals surface area contributed by atoms with Gasteiger partial charge in [0.25, 0.3) is 0 Å². The Balaban J connectivity index is 5.43. The van der Waals surface area contributed by atoms with Crippen molar-refractivity contribution in [3.05, 3.63) is 0 Å². The average Bonchev–Trinajstić information content (AvgIpc) is 2.28. The molecule has 144 valence electrons. The Kier molecular flexibility index (Phi) is 7.76. The first-order valence-corrected chi connectivity index (χ1v) is 10.3. The molecule has 0 aliphatic rings. The average molecular weight is 365 g/mol. The summed E-state index contributed by atoms with van der Waals surface area (Å²) in [5.41, 5.74) is -0.695. The summed E-state index contributed by atoms with van der Waals surface area (Å²) in [6.45, 7) is 17.8. The SMILES string of the molecule is CC(C)OC(=O)N(CCN(C(C)(C)C)S(C)(=O)=O)C(C)C(C)(C)C. The summed E-state index contributed by atoms with van der Waals surface area (Å²) >= 11 is 0. The molecule has 6 nitrogen and oxygen atoms in total. The molecule has 7 heteroatoms. The lowest BCUT2D eigenvalue weighted by Gasteiger charge is -2.40. The molecule has 24 heavy (non-hydrogen) atoms. The molecule has 0 aromatic carbocycles. The lowest BCUT2D eigenvalue weighted by Crippen LogP contribution is -2.53. The van der Waals surface area contributed by atoms with Crippen LogP contribution in [0.25, 0.3) is 0 Å². The standard InChI is InChI=1S/C17H36N2O4S/c1-13(2)23-15(20)18(14(3)16(4,5)6)11-12-19(17(7,8)9)24(10,21)22/h13-14H,11-12H2,1-10H3. The molecule has 0 fully saturated rings. The van der Waals surface area contributed by atoms with Gasteiger partial charge in [-0.1, -0.05) is 20.8 Å². The van der Waals surface area contributed by atoms with E-state index in [4.69, 9.17) is 4.74 Å². The van der Waals surface area contributed by atoms with Crippen LogP contribution in [-0.2, 0) is 14.8 Å². The molecule has 1 unspecified atom stereocenters. The Labute approximate surface area is 148 Å². The number of sulfonamides is 1. The molecule has 0 spiro atoms. The molecule has 0 rings (SSSR count). The van der Waals surface area contributed by atoms with Gasteiger partial charge in [-0.25, -0.2) is 13.2 Å². The highest BCUT2D eigenvalue weighted by Gasteiger charge is 2.34. The van der Waals surface area contributed by atoms with Crippen molar-refractivity contribution in [2.24, 2.45) is 5.41 Å². The molecule has 0 aromatic rings. The number of hydrogen-bond acceptors (Lipinski definition) is 4. The van der Waals surface area contributed by atoms with Crippen molar-refractivity contribution < 1.29 is 17.9 Å². The summed E-state index contributed by atoms with van der Waals surface area (Å²) in [6, 6.07) is -0.0925. The zero-order valence-corrected chi connectivity index (χ0v) is 17.8. The van der Waals surface area contributed by atoms with E-state index in [0.717, 1.165) is 0 Å². The molecule has 1 amide bonds. The van der Waals surface area contributed by atoms with Gasteiger partial charge in [0.15, 0.2) is 0 Å². The van der Waals surface area contributed by atoms with Crippen LogP contribution in [-0.4, -0.2) is 60.7 Å². The predicted octanol–water partition coefficient (Wildman–Crippen LogP) is 3.33. The van der Waals surface area contributed by atoms with Gasteiger partial charge in [0.2, 0.25) is 10.0 Å². The fourth-order valence-corrected chi connectivity index (χ4v) is 3.79. The van der Waals surface area contributed by atoms with Gasteiger partial charge in [-0.05, 0) is 47.0 Å². The molecular weight excluding hydrogens is 328 g/mol. The lowest BCUT2D eigenvalue weighted by atomic mass is 9.87. The van der Waals surface area contributed by atoms with Crippen LogP contribution in [0.1, 0.15) is 62.3 Å². The van der Waals surface area contributed by atoms with Gasteiger partial charge in [0.05, 0.1) is 12.4 Å². The first-order valence-electron chi connectivity index (χ1n) is 8.43. The zero-order valence-electron chi connectivity index (χ0n) is 17.0. The van der Waals surface area contributed by atoms with Crippen LogP contribution in [0.3, 0.4) is 0 Å². The number of nitrogens with zero attached hydrogens (tertiary/aromatic N) is 2. The Morgan fingerprint density at radius 3 is 1.75 bits per heavy atom. The number of rotatable bonds is 6. The quantitative estimate of drug-likeness (QED) is 0.725. The fraction of sp³-hybridized carbons (Fsp3) is 0.941. The fourth-order valence-electron chi connectivity index (χ4n) is 2.38. The number of carbonyl (C=O) groups excluding carboxylic acids is 1. The van der Waals surface area contributed by atoms with Crippen LogP contribution < -0.4 is 0 Å². The van der Waals surface area contributed by atoms with E-state index in [2.05, 4.69) is 0 Å². The molecule has 0 radical (unpaired) electrons. The lowest BCUT2D eigenvalue weighted by molar-refractivity contribution is 0.0405. The summed E-state index contributed by atoms with van der Waals surface area (Å²) in [6.07, 6.45) is 0.568. The molecule has 0 aromatic heterocycles. The molecule has 0 saturated heterocycles. The van der Waals surface area contributed by atoms with Crippen molar-refractivity contribution in [3.8, 4) is 0 Å². The van der Waals surface area contributed by atoms with Crippen molar-refractivity contribution in [1.29, 1.82) is 0 Å². The molecule has 1 atom stereocenters. The Morgan fingerprint density at radius 1 is 1.00 bits per heavy atom. The minimum atomic E-state index is -3.37. The van der Waals surface area contributed by atoms with Gasteiger partial charge in [-0.15, -0.1) is 0 Å². The van der Waals surface area contributed by atoms with Gasteiger partial charge >= 0.3 is 6.09 Å². The van der Waals surface area contributed by atoms with E-state index in [1.54, 1.807) is 18.7 Å². The summed E-state index contributed by atoms with van der Waals surface area (Å²) in [5, 5.41) is 0. The van der Waals surface area contributed by atoms with E-state index >= 15 is 0 Å². The molecule has 0 aliphatic heterocycles. The van der Waals surface area contributed by atoms with Crippen LogP contribution in [0.4, 0.5) is 4.79 Å². The molecular formula is C17H36N2O4S. The number of hydrogen-bond donors (Lipinski definition) is 0. The maximum atomic E-state index is 12.5. The van der Waals surface area contributed by atoms with Crippen molar-refractivity contribution >= 4 is 16.1 Å². The summed E-state index contributed by atoms with van der Waals surface area (Å²) in [4.78, 5) is 14.1. The van der Waals surface area contributed by atoms with Gasteiger partial charge < -0.3 is 9.64 Å². The normalized spacial score (nSPS) is 14.8. The summed E-state index contributed by atoms with van der Waals surface area (Å²) in [5.74, 6) is 0. The topological polar surface area (TPSA) is 66.9 Å². The highest BCUT2D eigenvalue weighted by Crippen LogP contribution is 2.25. The molecule has 0 saturated carbocycles. The van der Waals surface area contributed by atoms with Gasteiger partial charge in [-0.3, -0.25) is 0 Å². The van der Waals surface area contributed by atoms with E-state index in [9.17, 15) is 13.2 Å². The first-order chi connectivity index (χ1) is 10.5. The van der Waals surface area contributed by atoms with Crippen LogP contribution in [0, 0.1) is 5.41 Å². The van der Waals surface area contributed by atoms with Crippen LogP contribution >= 0.6 is 0 Å². The third-order valence-corrected chi connectivity index (χ3v) is 5.52. The second-order valence-corrected chi connectivity index (χ2v) is 10.6. The predicted molar refractivity (Wildman–Crippen MR) is 98.5 cm³/mol. The number of amides is 1. The highest BCUT2D eigenvalue weighted by atomic mass is 32.2. The smallest absolute Gasteiger partial charge is 0.410 e. The second kappa shape index (κ2) is 8.04. The Morgan fingerprint density at radius 2 is 1.46 bits per heavy atom.